The van der Waals surface area contributed by atoms with Gasteiger partial charge in [-0.15, -0.1) is 0 Å². The molecule has 1 fully saturated rings. The predicted octanol–water partition coefficient (Wildman–Crippen LogP) is -0.0291. The molecule has 0 bridgehead atoms. The molecule has 26 heavy (non-hydrogen) atoms. The molecule has 1 atom stereocenters. The predicted molar refractivity (Wildman–Crippen MR) is 96.7 cm³/mol. The Morgan fingerprint density at radius 3 is 2.73 bits per heavy atom. The zero-order chi connectivity index (χ0) is 19.0. The van der Waals surface area contributed by atoms with Crippen LogP contribution in [0.25, 0.3) is 0 Å². The summed E-state index contributed by atoms with van der Waals surface area (Å²) in [5, 5.41) is 16.2. The van der Waals surface area contributed by atoms with E-state index < -0.39 is 5.60 Å². The van der Waals surface area contributed by atoms with E-state index in [4.69, 9.17) is 9.47 Å². The molecular formula is C18H27N3O5. The highest BCUT2D eigenvalue weighted by molar-refractivity contribution is 5.88. The van der Waals surface area contributed by atoms with Crippen LogP contribution in [0.4, 0.5) is 5.69 Å². The zero-order valence-electron chi connectivity index (χ0n) is 15.3. The highest BCUT2D eigenvalue weighted by atomic mass is 16.5. The monoisotopic (exact) mass is 365 g/mol. The molecule has 2 amide bonds. The number of nitrogens with zero attached hydrogens (tertiary/aromatic N) is 1. The van der Waals surface area contributed by atoms with Crippen LogP contribution in [0.15, 0.2) is 24.3 Å². The van der Waals surface area contributed by atoms with Crippen LogP contribution in [-0.4, -0.2) is 74.0 Å². The number of benzene rings is 1. The van der Waals surface area contributed by atoms with E-state index in [2.05, 4.69) is 15.5 Å². The van der Waals surface area contributed by atoms with E-state index in [1.807, 2.05) is 24.3 Å². The summed E-state index contributed by atoms with van der Waals surface area (Å²) < 4.78 is 10.3. The molecule has 0 unspecified atom stereocenters. The number of hydrogen-bond donors (Lipinski definition) is 3. The Labute approximate surface area is 153 Å². The first-order valence-electron chi connectivity index (χ1n) is 8.55. The van der Waals surface area contributed by atoms with E-state index in [0.717, 1.165) is 11.3 Å². The van der Waals surface area contributed by atoms with Crippen molar-refractivity contribution < 1.29 is 24.2 Å². The molecular weight excluding hydrogens is 338 g/mol. The number of hydrogen-bond acceptors (Lipinski definition) is 6. The Morgan fingerprint density at radius 2 is 2.08 bits per heavy atom. The van der Waals surface area contributed by atoms with Gasteiger partial charge in [-0.25, -0.2) is 0 Å². The molecule has 8 nitrogen and oxygen atoms in total. The number of nitrogens with one attached hydrogen (secondary N) is 2. The minimum atomic E-state index is -1.16. The lowest BCUT2D eigenvalue weighted by Gasteiger charge is -2.31. The molecule has 1 heterocycles. The smallest absolute Gasteiger partial charge is 0.246 e. The number of rotatable bonds is 7. The average Bonchev–Trinajstić information content (AvgIpc) is 2.77. The highest BCUT2D eigenvalue weighted by Gasteiger charge is 2.32. The maximum atomic E-state index is 11.6. The normalized spacial score (nSPS) is 21.0. The lowest BCUT2D eigenvalue weighted by molar-refractivity contribution is -0.126. The first-order valence-corrected chi connectivity index (χ1v) is 8.55. The lowest BCUT2D eigenvalue weighted by Crippen LogP contribution is -2.52. The Hall–Kier alpha value is -2.00. The second-order valence-electron chi connectivity index (χ2n) is 6.58. The SMILES string of the molecule is COCC(=O)NC[C@]1(O)COCCN(Cc2ccc(NC(C)=O)cc2)C1. The number of amides is 2. The molecule has 3 N–H and O–H groups in total. The number of anilines is 1. The van der Waals surface area contributed by atoms with Gasteiger partial charge in [-0.05, 0) is 17.7 Å². The van der Waals surface area contributed by atoms with Gasteiger partial charge in [0.1, 0.15) is 12.2 Å². The van der Waals surface area contributed by atoms with Crippen molar-refractivity contribution in [3.63, 3.8) is 0 Å². The zero-order valence-corrected chi connectivity index (χ0v) is 15.3. The average molecular weight is 365 g/mol. The quantitative estimate of drug-likeness (QED) is 0.628. The minimum absolute atomic E-state index is 0.0404. The van der Waals surface area contributed by atoms with Gasteiger partial charge in [-0.1, -0.05) is 12.1 Å². The summed E-state index contributed by atoms with van der Waals surface area (Å²) in [5.41, 5.74) is 0.653. The van der Waals surface area contributed by atoms with Crippen molar-refractivity contribution in [3.05, 3.63) is 29.8 Å². The Bertz CT molecular complexity index is 607. The molecule has 0 radical (unpaired) electrons. The van der Waals surface area contributed by atoms with Gasteiger partial charge in [-0.3, -0.25) is 14.5 Å². The minimum Gasteiger partial charge on any atom is -0.384 e. The maximum Gasteiger partial charge on any atom is 0.246 e. The van der Waals surface area contributed by atoms with Crippen LogP contribution in [0.5, 0.6) is 0 Å². The van der Waals surface area contributed by atoms with Crippen molar-refractivity contribution in [2.75, 3.05) is 51.9 Å². The fourth-order valence-electron chi connectivity index (χ4n) is 2.84. The van der Waals surface area contributed by atoms with Crippen LogP contribution in [0.2, 0.25) is 0 Å². The molecule has 2 rings (SSSR count). The van der Waals surface area contributed by atoms with Crippen LogP contribution >= 0.6 is 0 Å². The number of carbonyl (C=O) groups is 2. The summed E-state index contributed by atoms with van der Waals surface area (Å²) >= 11 is 0. The summed E-state index contributed by atoms with van der Waals surface area (Å²) in [6.07, 6.45) is 0. The molecule has 1 saturated heterocycles. The van der Waals surface area contributed by atoms with Gasteiger partial charge in [0.05, 0.1) is 13.2 Å². The number of aliphatic hydroxyl groups is 1. The van der Waals surface area contributed by atoms with Crippen molar-refractivity contribution >= 4 is 17.5 Å². The first-order chi connectivity index (χ1) is 12.4. The van der Waals surface area contributed by atoms with Gasteiger partial charge in [0, 0.05) is 45.9 Å². The second-order valence-corrected chi connectivity index (χ2v) is 6.58. The van der Waals surface area contributed by atoms with Crippen molar-refractivity contribution in [2.45, 2.75) is 19.1 Å². The molecule has 144 valence electrons. The number of ether oxygens (including phenoxy) is 2. The maximum absolute atomic E-state index is 11.6. The van der Waals surface area contributed by atoms with Gasteiger partial charge in [0.2, 0.25) is 11.8 Å². The third-order valence-electron chi connectivity index (χ3n) is 4.01. The van der Waals surface area contributed by atoms with Crippen LogP contribution in [0, 0.1) is 0 Å². The summed E-state index contributed by atoms with van der Waals surface area (Å²) in [6.45, 7) is 3.91. The van der Waals surface area contributed by atoms with E-state index >= 15 is 0 Å². The van der Waals surface area contributed by atoms with E-state index in [1.165, 1.54) is 14.0 Å². The molecule has 1 aromatic rings. The molecule has 0 spiro atoms. The number of carbonyl (C=O) groups excluding carboxylic acids is 2. The fourth-order valence-corrected chi connectivity index (χ4v) is 2.84. The Balaban J connectivity index is 1.93. The third-order valence-corrected chi connectivity index (χ3v) is 4.01. The topological polar surface area (TPSA) is 100 Å². The summed E-state index contributed by atoms with van der Waals surface area (Å²) in [7, 11) is 1.45. The van der Waals surface area contributed by atoms with Crippen LogP contribution in [-0.2, 0) is 25.6 Å². The van der Waals surface area contributed by atoms with E-state index in [1.54, 1.807) is 0 Å². The van der Waals surface area contributed by atoms with Gasteiger partial charge in [-0.2, -0.15) is 0 Å². The van der Waals surface area contributed by atoms with Crippen LogP contribution in [0.3, 0.4) is 0 Å². The van der Waals surface area contributed by atoms with Gasteiger partial charge >= 0.3 is 0 Å². The first kappa shape index (κ1) is 20.3. The van der Waals surface area contributed by atoms with Crippen molar-refractivity contribution in [3.8, 4) is 0 Å². The Morgan fingerprint density at radius 1 is 1.35 bits per heavy atom. The Kier molecular flexibility index (Phi) is 7.52. The third kappa shape index (κ3) is 6.72. The summed E-state index contributed by atoms with van der Waals surface area (Å²) in [4.78, 5) is 24.7. The molecule has 1 aromatic carbocycles. The molecule has 8 heteroatoms. The molecule has 0 aliphatic carbocycles. The number of β-amino-alcohol motifs (C(OH)–C–C–N with tert-alkyl or cyclic N) is 1. The number of methoxy groups -OCH3 is 1. The largest absolute Gasteiger partial charge is 0.384 e. The van der Waals surface area contributed by atoms with Crippen LogP contribution < -0.4 is 10.6 Å². The molecule has 1 aliphatic heterocycles. The summed E-state index contributed by atoms with van der Waals surface area (Å²) in [6, 6.07) is 7.58. The van der Waals surface area contributed by atoms with Crippen molar-refractivity contribution in [1.29, 1.82) is 0 Å². The second kappa shape index (κ2) is 9.63. The standard InChI is InChI=1S/C18H27N3O5/c1-14(22)20-16-5-3-15(4-6-16)9-21-7-8-26-13-18(24,12-21)11-19-17(23)10-25-2/h3-6,24H,7-13H2,1-2H3,(H,19,23)(H,20,22)/t18-/m1/s1. The van der Waals surface area contributed by atoms with E-state index in [0.29, 0.717) is 26.2 Å². The van der Waals surface area contributed by atoms with Crippen molar-refractivity contribution in [2.24, 2.45) is 0 Å². The van der Waals surface area contributed by atoms with E-state index in [9.17, 15) is 14.7 Å². The van der Waals surface area contributed by atoms with Gasteiger partial charge in [0.25, 0.3) is 0 Å². The van der Waals surface area contributed by atoms with E-state index in [-0.39, 0.29) is 31.6 Å². The molecule has 0 saturated carbocycles. The van der Waals surface area contributed by atoms with Gasteiger partial charge in [0.15, 0.2) is 0 Å². The van der Waals surface area contributed by atoms with Gasteiger partial charge < -0.3 is 25.2 Å². The fraction of sp³-hybridized carbons (Fsp3) is 0.556. The lowest BCUT2D eigenvalue weighted by atomic mass is 10.0. The summed E-state index contributed by atoms with van der Waals surface area (Å²) in [5.74, 6) is -0.381. The molecule has 1 aliphatic rings. The highest BCUT2D eigenvalue weighted by Crippen LogP contribution is 2.16. The molecule has 0 aromatic heterocycles. The van der Waals surface area contributed by atoms with Crippen molar-refractivity contribution in [1.82, 2.24) is 10.2 Å². The van der Waals surface area contributed by atoms with Crippen LogP contribution in [0.1, 0.15) is 12.5 Å².